The summed E-state index contributed by atoms with van der Waals surface area (Å²) in [5.74, 6) is 0.534. The molecule has 0 saturated carbocycles. The van der Waals surface area contributed by atoms with Crippen LogP contribution in [-0.4, -0.2) is 17.5 Å². The topological polar surface area (TPSA) is 48.1 Å². The van der Waals surface area contributed by atoms with Crippen LogP contribution in [0, 0.1) is 0 Å². The van der Waals surface area contributed by atoms with Gasteiger partial charge < -0.3 is 10.4 Å². The molecule has 1 aromatic heterocycles. The highest BCUT2D eigenvalue weighted by molar-refractivity contribution is 6.66. The fourth-order valence-corrected chi connectivity index (χ4v) is 1.32. The third kappa shape index (κ3) is 3.38. The lowest BCUT2D eigenvalue weighted by Crippen LogP contribution is -2.37. The van der Waals surface area contributed by atoms with Crippen LogP contribution in [0.5, 0.6) is 0 Å². The smallest absolute Gasteiger partial charge is 0.324 e. The molecule has 0 spiro atoms. The fraction of sp³-hybridized carbons (Fsp3) is 0.500. The van der Waals surface area contributed by atoms with E-state index in [1.54, 1.807) is 6.20 Å². The van der Waals surface area contributed by atoms with Crippen molar-refractivity contribution < 1.29 is 4.65 Å². The van der Waals surface area contributed by atoms with Crippen LogP contribution >= 0.6 is 0 Å². The molecule has 0 bridgehead atoms. The van der Waals surface area contributed by atoms with Crippen molar-refractivity contribution >= 4 is 18.2 Å². The van der Waals surface area contributed by atoms with Crippen molar-refractivity contribution in [3.05, 3.63) is 18.3 Å². The lowest BCUT2D eigenvalue weighted by atomic mass is 9.63. The molecular formula is C10H17BN2O. The number of aromatic nitrogens is 1. The van der Waals surface area contributed by atoms with Crippen LogP contribution in [0.4, 0.5) is 5.82 Å². The second-order valence-electron chi connectivity index (χ2n) is 4.39. The summed E-state index contributed by atoms with van der Waals surface area (Å²) in [6, 6.07) is 3.77. The molecule has 0 aromatic carbocycles. The molecule has 76 valence electrons. The first-order chi connectivity index (χ1) is 6.38. The van der Waals surface area contributed by atoms with Crippen LogP contribution in [-0.2, 0) is 4.65 Å². The van der Waals surface area contributed by atoms with Crippen LogP contribution < -0.4 is 11.2 Å². The normalized spacial score (nSPS) is 11.4. The first kappa shape index (κ1) is 11.1. The molecule has 3 nitrogen and oxygen atoms in total. The predicted molar refractivity (Wildman–Crippen MR) is 60.7 cm³/mol. The molecular weight excluding hydrogens is 175 g/mol. The van der Waals surface area contributed by atoms with E-state index in [2.05, 4.69) is 4.98 Å². The third-order valence-corrected chi connectivity index (χ3v) is 1.80. The van der Waals surface area contributed by atoms with E-state index in [0.29, 0.717) is 5.82 Å². The van der Waals surface area contributed by atoms with Gasteiger partial charge in [-0.3, -0.25) is 0 Å². The Morgan fingerprint density at radius 3 is 2.57 bits per heavy atom. The van der Waals surface area contributed by atoms with Gasteiger partial charge >= 0.3 is 6.92 Å². The van der Waals surface area contributed by atoms with E-state index in [1.807, 2.05) is 39.7 Å². The molecule has 0 atom stereocenters. The first-order valence-corrected chi connectivity index (χ1v) is 4.78. The second-order valence-corrected chi connectivity index (χ2v) is 4.39. The standard InChI is InChI=1S/C10H17BN2O/c1-10(2,3)14-11(4)8-5-6-13-9(12)7-8/h5-7H,1-4H3,(H2,12,13). The number of hydrogen-bond acceptors (Lipinski definition) is 3. The molecule has 14 heavy (non-hydrogen) atoms. The molecule has 0 saturated heterocycles. The molecule has 0 fully saturated rings. The van der Waals surface area contributed by atoms with Gasteiger partial charge in [-0.05, 0) is 38.4 Å². The molecule has 0 amide bonds. The molecule has 0 aliphatic heterocycles. The maximum atomic E-state index is 5.80. The van der Waals surface area contributed by atoms with E-state index >= 15 is 0 Å². The summed E-state index contributed by atoms with van der Waals surface area (Å²) >= 11 is 0. The zero-order valence-electron chi connectivity index (χ0n) is 9.24. The zero-order valence-corrected chi connectivity index (χ0v) is 9.24. The zero-order chi connectivity index (χ0) is 10.8. The van der Waals surface area contributed by atoms with Gasteiger partial charge in [0.15, 0.2) is 0 Å². The Labute approximate surface area is 85.8 Å². The van der Waals surface area contributed by atoms with Gasteiger partial charge in [0.2, 0.25) is 0 Å². The van der Waals surface area contributed by atoms with Gasteiger partial charge in [0.1, 0.15) is 5.82 Å². The quantitative estimate of drug-likeness (QED) is 0.718. The first-order valence-electron chi connectivity index (χ1n) is 4.78. The molecule has 0 unspecified atom stereocenters. The van der Waals surface area contributed by atoms with E-state index in [-0.39, 0.29) is 12.5 Å². The van der Waals surface area contributed by atoms with E-state index in [1.165, 1.54) is 0 Å². The number of nitrogen functional groups attached to an aromatic ring is 1. The Balaban J connectivity index is 2.74. The van der Waals surface area contributed by atoms with Crippen LogP contribution in [0.3, 0.4) is 0 Å². The molecule has 0 aliphatic rings. The highest BCUT2D eigenvalue weighted by Crippen LogP contribution is 2.09. The Bertz CT molecular complexity index is 309. The Morgan fingerprint density at radius 1 is 1.43 bits per heavy atom. The highest BCUT2D eigenvalue weighted by Gasteiger charge is 2.20. The van der Waals surface area contributed by atoms with Crippen molar-refractivity contribution in [1.29, 1.82) is 0 Å². The summed E-state index contributed by atoms with van der Waals surface area (Å²) in [6.45, 7) is 8.16. The number of pyridine rings is 1. The maximum absolute atomic E-state index is 5.80. The van der Waals surface area contributed by atoms with Crippen LogP contribution in [0.1, 0.15) is 20.8 Å². The average molecular weight is 192 g/mol. The SMILES string of the molecule is CB(OC(C)(C)C)c1ccnc(N)c1. The minimum atomic E-state index is -0.141. The van der Waals surface area contributed by atoms with Crippen molar-refractivity contribution in [3.8, 4) is 0 Å². The summed E-state index contributed by atoms with van der Waals surface area (Å²) in [5, 5.41) is 0. The summed E-state index contributed by atoms with van der Waals surface area (Å²) < 4.78 is 5.80. The maximum Gasteiger partial charge on any atom is 0.324 e. The molecule has 4 heteroatoms. The van der Waals surface area contributed by atoms with Gasteiger partial charge in [0.05, 0.1) is 0 Å². The lowest BCUT2D eigenvalue weighted by molar-refractivity contribution is 0.134. The van der Waals surface area contributed by atoms with E-state index in [9.17, 15) is 0 Å². The van der Waals surface area contributed by atoms with Crippen LogP contribution in [0.25, 0.3) is 0 Å². The van der Waals surface area contributed by atoms with Gasteiger partial charge in [0, 0.05) is 11.8 Å². The van der Waals surface area contributed by atoms with Gasteiger partial charge in [-0.15, -0.1) is 0 Å². The van der Waals surface area contributed by atoms with Gasteiger partial charge in [-0.2, -0.15) is 0 Å². The predicted octanol–water partition coefficient (Wildman–Crippen LogP) is 1.31. The van der Waals surface area contributed by atoms with Crippen molar-refractivity contribution in [2.75, 3.05) is 5.73 Å². The summed E-state index contributed by atoms with van der Waals surface area (Å²) in [7, 11) is 0. The largest absolute Gasteiger partial charge is 0.427 e. The van der Waals surface area contributed by atoms with Crippen LogP contribution in [0.15, 0.2) is 18.3 Å². The minimum Gasteiger partial charge on any atom is -0.427 e. The number of rotatable bonds is 2. The van der Waals surface area contributed by atoms with Crippen molar-refractivity contribution in [2.24, 2.45) is 0 Å². The number of nitrogens with zero attached hydrogens (tertiary/aromatic N) is 1. The molecule has 0 radical (unpaired) electrons. The molecule has 2 N–H and O–H groups in total. The Morgan fingerprint density at radius 2 is 2.07 bits per heavy atom. The third-order valence-electron chi connectivity index (χ3n) is 1.80. The average Bonchev–Trinajstić information content (AvgIpc) is 2.01. The summed E-state index contributed by atoms with van der Waals surface area (Å²) in [6.07, 6.45) is 1.70. The number of hydrogen-bond donors (Lipinski definition) is 1. The van der Waals surface area contributed by atoms with Crippen LogP contribution in [0.2, 0.25) is 6.82 Å². The summed E-state index contributed by atoms with van der Waals surface area (Å²) in [5.41, 5.74) is 6.51. The van der Waals surface area contributed by atoms with Crippen molar-refractivity contribution in [3.63, 3.8) is 0 Å². The minimum absolute atomic E-state index is 0.0419. The van der Waals surface area contributed by atoms with Gasteiger partial charge in [-0.1, -0.05) is 6.82 Å². The molecule has 1 rings (SSSR count). The Kier molecular flexibility index (Phi) is 3.16. The number of anilines is 1. The lowest BCUT2D eigenvalue weighted by Gasteiger charge is -2.24. The second kappa shape index (κ2) is 4.01. The van der Waals surface area contributed by atoms with E-state index in [4.69, 9.17) is 10.4 Å². The molecule has 1 aromatic rings. The molecule has 1 heterocycles. The van der Waals surface area contributed by atoms with Crippen molar-refractivity contribution in [1.82, 2.24) is 4.98 Å². The van der Waals surface area contributed by atoms with Gasteiger partial charge in [-0.25, -0.2) is 4.98 Å². The Hall–Kier alpha value is -1.03. The monoisotopic (exact) mass is 192 g/mol. The van der Waals surface area contributed by atoms with Crippen molar-refractivity contribution in [2.45, 2.75) is 33.2 Å². The fourth-order valence-electron chi connectivity index (χ4n) is 1.32. The molecule has 0 aliphatic carbocycles. The van der Waals surface area contributed by atoms with E-state index < -0.39 is 0 Å². The van der Waals surface area contributed by atoms with Gasteiger partial charge in [0.25, 0.3) is 0 Å². The number of nitrogens with two attached hydrogens (primary N) is 1. The highest BCUT2D eigenvalue weighted by atomic mass is 16.5. The summed E-state index contributed by atoms with van der Waals surface area (Å²) in [4.78, 5) is 3.94. The van der Waals surface area contributed by atoms with E-state index in [0.717, 1.165) is 5.46 Å².